The Morgan fingerprint density at radius 3 is 2.91 bits per heavy atom. The first-order valence-electron chi connectivity index (χ1n) is 8.72. The molecule has 5 heteroatoms. The molecule has 0 radical (unpaired) electrons. The second-order valence-electron chi connectivity index (χ2n) is 7.17. The van der Waals surface area contributed by atoms with Gasteiger partial charge in [0, 0.05) is 37.3 Å². The van der Waals surface area contributed by atoms with Crippen LogP contribution in [0.4, 0.5) is 0 Å². The fourth-order valence-electron chi connectivity index (χ4n) is 4.12. The molecule has 5 nitrogen and oxygen atoms in total. The van der Waals surface area contributed by atoms with Gasteiger partial charge >= 0.3 is 0 Å². The molecule has 2 atom stereocenters. The van der Waals surface area contributed by atoms with E-state index in [1.54, 1.807) is 0 Å². The standard InChI is InChI=1S/C17H29N3O2/c1-20-16-7-5-6-15(14(16)12-19-20)18-11-13(21)10-17(22)8-3-2-4-9-17/h12-13,15,18,21-22H,2-11H2,1H3. The quantitative estimate of drug-likeness (QED) is 0.776. The summed E-state index contributed by atoms with van der Waals surface area (Å²) < 4.78 is 1.96. The number of aliphatic hydroxyl groups is 2. The lowest BCUT2D eigenvalue weighted by Crippen LogP contribution is -2.40. The van der Waals surface area contributed by atoms with Crippen molar-refractivity contribution in [2.45, 2.75) is 75.5 Å². The van der Waals surface area contributed by atoms with E-state index in [-0.39, 0.29) is 6.04 Å². The number of fused-ring (bicyclic) bond motifs is 1. The molecule has 0 aromatic carbocycles. The predicted octanol–water partition coefficient (Wildman–Crippen LogP) is 1.83. The first kappa shape index (κ1) is 16.0. The fraction of sp³-hybridized carbons (Fsp3) is 0.824. The van der Waals surface area contributed by atoms with E-state index in [4.69, 9.17) is 0 Å². The van der Waals surface area contributed by atoms with Gasteiger partial charge in [-0.1, -0.05) is 19.3 Å². The number of aromatic nitrogens is 2. The van der Waals surface area contributed by atoms with Crippen LogP contribution in [0.2, 0.25) is 0 Å². The molecule has 1 fully saturated rings. The molecule has 1 aromatic rings. The smallest absolute Gasteiger partial charge is 0.0692 e. The third kappa shape index (κ3) is 3.53. The molecule has 3 rings (SSSR count). The van der Waals surface area contributed by atoms with Gasteiger partial charge in [-0.2, -0.15) is 5.10 Å². The van der Waals surface area contributed by atoms with E-state index < -0.39 is 11.7 Å². The summed E-state index contributed by atoms with van der Waals surface area (Å²) in [5.41, 5.74) is 1.94. The van der Waals surface area contributed by atoms with Gasteiger partial charge < -0.3 is 15.5 Å². The fourth-order valence-corrected chi connectivity index (χ4v) is 4.12. The Morgan fingerprint density at radius 1 is 1.36 bits per heavy atom. The number of hydrogen-bond donors (Lipinski definition) is 3. The lowest BCUT2D eigenvalue weighted by molar-refractivity contribution is -0.0374. The summed E-state index contributed by atoms with van der Waals surface area (Å²) in [6, 6.07) is 0.285. The van der Waals surface area contributed by atoms with Crippen LogP contribution >= 0.6 is 0 Å². The van der Waals surface area contributed by atoms with Gasteiger partial charge in [-0.3, -0.25) is 4.68 Å². The van der Waals surface area contributed by atoms with Crippen molar-refractivity contribution >= 4 is 0 Å². The molecule has 0 saturated heterocycles. The third-order valence-electron chi connectivity index (χ3n) is 5.38. The molecule has 2 unspecified atom stereocenters. The molecule has 1 aromatic heterocycles. The Hall–Kier alpha value is -0.910. The lowest BCUT2D eigenvalue weighted by Gasteiger charge is -2.34. The van der Waals surface area contributed by atoms with Crippen LogP contribution in [0.15, 0.2) is 6.20 Å². The van der Waals surface area contributed by atoms with Gasteiger partial charge in [0.1, 0.15) is 0 Å². The summed E-state index contributed by atoms with van der Waals surface area (Å²) in [6.07, 6.45) is 10.3. The van der Waals surface area contributed by atoms with Crippen LogP contribution in [0.1, 0.15) is 68.7 Å². The zero-order valence-corrected chi connectivity index (χ0v) is 13.6. The monoisotopic (exact) mass is 307 g/mol. The molecule has 0 amide bonds. The van der Waals surface area contributed by atoms with Crippen LogP contribution in [0, 0.1) is 0 Å². The maximum absolute atomic E-state index is 10.5. The molecule has 124 valence electrons. The van der Waals surface area contributed by atoms with Crippen LogP contribution in [0.25, 0.3) is 0 Å². The van der Waals surface area contributed by atoms with Crippen molar-refractivity contribution in [3.8, 4) is 0 Å². The van der Waals surface area contributed by atoms with Gasteiger partial charge in [0.2, 0.25) is 0 Å². The van der Waals surface area contributed by atoms with Crippen molar-refractivity contribution in [1.82, 2.24) is 15.1 Å². The summed E-state index contributed by atoms with van der Waals surface area (Å²) >= 11 is 0. The number of aryl methyl sites for hydroxylation is 1. The SMILES string of the molecule is Cn1ncc2c1CCCC2NCC(O)CC1(O)CCCCC1. The van der Waals surface area contributed by atoms with Crippen molar-refractivity contribution < 1.29 is 10.2 Å². The average molecular weight is 307 g/mol. The van der Waals surface area contributed by atoms with Gasteiger partial charge in [0.25, 0.3) is 0 Å². The highest BCUT2D eigenvalue weighted by atomic mass is 16.3. The van der Waals surface area contributed by atoms with E-state index in [0.29, 0.717) is 13.0 Å². The van der Waals surface area contributed by atoms with Crippen LogP contribution < -0.4 is 5.32 Å². The highest BCUT2D eigenvalue weighted by molar-refractivity contribution is 5.24. The van der Waals surface area contributed by atoms with Crippen LogP contribution in [0.5, 0.6) is 0 Å². The highest BCUT2D eigenvalue weighted by Crippen LogP contribution is 2.32. The maximum Gasteiger partial charge on any atom is 0.0692 e. The maximum atomic E-state index is 10.5. The van der Waals surface area contributed by atoms with E-state index >= 15 is 0 Å². The molecular formula is C17H29N3O2. The number of aliphatic hydroxyl groups excluding tert-OH is 1. The molecule has 0 spiro atoms. The molecule has 0 aliphatic heterocycles. The summed E-state index contributed by atoms with van der Waals surface area (Å²) in [5, 5.41) is 28.7. The average Bonchev–Trinajstić information content (AvgIpc) is 2.88. The highest BCUT2D eigenvalue weighted by Gasteiger charge is 2.32. The molecule has 1 heterocycles. The van der Waals surface area contributed by atoms with Crippen LogP contribution in [-0.4, -0.2) is 38.2 Å². The first-order valence-corrected chi connectivity index (χ1v) is 8.72. The summed E-state index contributed by atoms with van der Waals surface area (Å²) in [4.78, 5) is 0. The van der Waals surface area contributed by atoms with Crippen molar-refractivity contribution in [3.63, 3.8) is 0 Å². The summed E-state index contributed by atoms with van der Waals surface area (Å²) in [5.74, 6) is 0. The largest absolute Gasteiger partial charge is 0.392 e. The molecule has 0 bridgehead atoms. The molecule has 2 aliphatic carbocycles. The molecule has 1 saturated carbocycles. The molecule has 3 N–H and O–H groups in total. The number of nitrogens with one attached hydrogen (secondary N) is 1. The third-order valence-corrected chi connectivity index (χ3v) is 5.38. The van der Waals surface area contributed by atoms with Gasteiger partial charge in [-0.15, -0.1) is 0 Å². The van der Waals surface area contributed by atoms with E-state index in [2.05, 4.69) is 10.4 Å². The van der Waals surface area contributed by atoms with Crippen LogP contribution in [0.3, 0.4) is 0 Å². The van der Waals surface area contributed by atoms with Gasteiger partial charge in [-0.05, 0) is 32.1 Å². The Morgan fingerprint density at radius 2 is 2.14 bits per heavy atom. The molecular weight excluding hydrogens is 278 g/mol. The number of hydrogen-bond acceptors (Lipinski definition) is 4. The zero-order chi connectivity index (χ0) is 15.6. The molecule has 2 aliphatic rings. The van der Waals surface area contributed by atoms with Crippen molar-refractivity contribution in [3.05, 3.63) is 17.5 Å². The predicted molar refractivity (Wildman–Crippen MR) is 85.5 cm³/mol. The summed E-state index contributed by atoms with van der Waals surface area (Å²) in [7, 11) is 1.99. The Kier molecular flexibility index (Phi) is 4.85. The first-order chi connectivity index (χ1) is 10.6. The molecule has 22 heavy (non-hydrogen) atoms. The van der Waals surface area contributed by atoms with E-state index in [1.807, 2.05) is 17.9 Å². The topological polar surface area (TPSA) is 70.3 Å². The van der Waals surface area contributed by atoms with E-state index in [9.17, 15) is 10.2 Å². The lowest BCUT2D eigenvalue weighted by atomic mass is 9.81. The van der Waals surface area contributed by atoms with Crippen molar-refractivity contribution in [2.75, 3.05) is 6.54 Å². The van der Waals surface area contributed by atoms with Gasteiger partial charge in [0.15, 0.2) is 0 Å². The number of nitrogens with zero attached hydrogens (tertiary/aromatic N) is 2. The minimum Gasteiger partial charge on any atom is -0.392 e. The normalized spacial score (nSPS) is 25.7. The van der Waals surface area contributed by atoms with E-state index in [0.717, 1.165) is 44.9 Å². The second-order valence-corrected chi connectivity index (χ2v) is 7.17. The second kappa shape index (κ2) is 6.69. The van der Waals surface area contributed by atoms with Crippen molar-refractivity contribution in [1.29, 1.82) is 0 Å². The Balaban J connectivity index is 1.52. The summed E-state index contributed by atoms with van der Waals surface area (Å²) in [6.45, 7) is 0.543. The minimum atomic E-state index is -0.647. The Bertz CT molecular complexity index is 494. The zero-order valence-electron chi connectivity index (χ0n) is 13.6. The van der Waals surface area contributed by atoms with Crippen LogP contribution in [-0.2, 0) is 13.5 Å². The Labute approximate surface area is 132 Å². The van der Waals surface area contributed by atoms with Gasteiger partial charge in [-0.25, -0.2) is 0 Å². The number of rotatable bonds is 5. The van der Waals surface area contributed by atoms with Gasteiger partial charge in [0.05, 0.1) is 17.9 Å². The minimum absolute atomic E-state index is 0.285. The van der Waals surface area contributed by atoms with Crippen molar-refractivity contribution in [2.24, 2.45) is 7.05 Å². The van der Waals surface area contributed by atoms with E-state index in [1.165, 1.54) is 17.7 Å².